The van der Waals surface area contributed by atoms with Crippen molar-refractivity contribution in [1.29, 1.82) is 0 Å². The Morgan fingerprint density at radius 3 is 2.28 bits per heavy atom. The summed E-state index contributed by atoms with van der Waals surface area (Å²) in [6.45, 7) is 3.56. The predicted octanol–water partition coefficient (Wildman–Crippen LogP) is 4.09. The Bertz CT molecular complexity index is 1390. The summed E-state index contributed by atoms with van der Waals surface area (Å²) >= 11 is 0. The second-order valence-electron chi connectivity index (χ2n) is 9.26. The zero-order valence-corrected chi connectivity index (χ0v) is 21.5. The van der Waals surface area contributed by atoms with E-state index in [0.29, 0.717) is 43.5 Å². The maximum atomic E-state index is 13.5. The summed E-state index contributed by atoms with van der Waals surface area (Å²) in [5, 5.41) is 2.91. The number of anilines is 1. The number of rotatable bonds is 9. The number of nitrogens with zero attached hydrogens (tertiary/aromatic N) is 4. The number of amides is 2. The molecule has 2 heterocycles. The number of carbonyl (C=O) groups is 2. The average molecular weight is 528 g/mol. The lowest BCUT2D eigenvalue weighted by atomic mass is 10.2. The molecule has 2 amide bonds. The molecule has 1 aliphatic rings. The highest BCUT2D eigenvalue weighted by molar-refractivity contribution is 5.99. The Balaban J connectivity index is 1.37. The van der Waals surface area contributed by atoms with Gasteiger partial charge in [0.1, 0.15) is 12.4 Å². The van der Waals surface area contributed by atoms with Crippen LogP contribution in [0.2, 0.25) is 0 Å². The standard InChI is InChI=1S/C30H30FN5O3/c31-25-13-11-24(12-14-25)29(38)35(16-15-34-17-19-39-20-18-34)22-28(37)33-30-32-27(23-7-3-1-4-8-23)21-36(30)26-9-5-2-6-10-26/h1-14,21H,15-20,22H2,(H,32,33,37). The summed E-state index contributed by atoms with van der Waals surface area (Å²) in [7, 11) is 0. The fraction of sp³-hybridized carbons (Fsp3) is 0.233. The van der Waals surface area contributed by atoms with Crippen LogP contribution in [-0.2, 0) is 9.53 Å². The molecule has 4 aromatic rings. The Kier molecular flexibility index (Phi) is 8.40. The molecule has 1 fully saturated rings. The number of morpholine rings is 1. The third-order valence-corrected chi connectivity index (χ3v) is 6.56. The molecule has 1 N–H and O–H groups in total. The normalized spacial score (nSPS) is 13.7. The third-order valence-electron chi connectivity index (χ3n) is 6.56. The molecule has 9 heteroatoms. The van der Waals surface area contributed by atoms with Gasteiger partial charge in [-0.25, -0.2) is 9.37 Å². The van der Waals surface area contributed by atoms with Crippen molar-refractivity contribution < 1.29 is 18.7 Å². The Morgan fingerprint density at radius 2 is 1.59 bits per heavy atom. The Morgan fingerprint density at radius 1 is 0.923 bits per heavy atom. The summed E-state index contributed by atoms with van der Waals surface area (Å²) in [4.78, 5) is 35.1. The van der Waals surface area contributed by atoms with E-state index in [4.69, 9.17) is 9.72 Å². The van der Waals surface area contributed by atoms with Crippen LogP contribution in [0.25, 0.3) is 16.9 Å². The monoisotopic (exact) mass is 527 g/mol. The lowest BCUT2D eigenvalue weighted by molar-refractivity contribution is -0.117. The maximum absolute atomic E-state index is 13.5. The summed E-state index contributed by atoms with van der Waals surface area (Å²) in [5.41, 5.74) is 2.79. The summed E-state index contributed by atoms with van der Waals surface area (Å²) in [5.74, 6) is -0.789. The molecular weight excluding hydrogens is 497 g/mol. The fourth-order valence-electron chi connectivity index (χ4n) is 4.45. The molecule has 0 atom stereocenters. The first-order chi connectivity index (χ1) is 19.1. The number of carbonyl (C=O) groups excluding carboxylic acids is 2. The number of benzene rings is 3. The van der Waals surface area contributed by atoms with Crippen LogP contribution in [0.5, 0.6) is 0 Å². The minimum absolute atomic E-state index is 0.178. The molecule has 0 radical (unpaired) electrons. The summed E-state index contributed by atoms with van der Waals surface area (Å²) in [6.07, 6.45) is 1.88. The molecule has 0 saturated carbocycles. The van der Waals surface area contributed by atoms with Gasteiger partial charge in [0.25, 0.3) is 5.91 Å². The van der Waals surface area contributed by atoms with E-state index in [-0.39, 0.29) is 18.4 Å². The van der Waals surface area contributed by atoms with Crippen LogP contribution in [0.3, 0.4) is 0 Å². The van der Waals surface area contributed by atoms with Crippen LogP contribution >= 0.6 is 0 Å². The summed E-state index contributed by atoms with van der Waals surface area (Å²) < 4.78 is 20.7. The number of aromatic nitrogens is 2. The van der Waals surface area contributed by atoms with E-state index in [2.05, 4.69) is 10.2 Å². The van der Waals surface area contributed by atoms with Crippen molar-refractivity contribution in [1.82, 2.24) is 19.4 Å². The molecule has 0 aliphatic carbocycles. The number of ether oxygens (including phenoxy) is 1. The van der Waals surface area contributed by atoms with Gasteiger partial charge in [-0.3, -0.25) is 24.4 Å². The van der Waals surface area contributed by atoms with Crippen LogP contribution in [-0.4, -0.2) is 77.1 Å². The summed E-state index contributed by atoms with van der Waals surface area (Å²) in [6, 6.07) is 24.7. The van der Waals surface area contributed by atoms with Crippen molar-refractivity contribution in [2.75, 3.05) is 51.3 Å². The lowest BCUT2D eigenvalue weighted by Gasteiger charge is -2.30. The molecular formula is C30H30FN5O3. The second kappa shape index (κ2) is 12.5. The number of hydrogen-bond donors (Lipinski definition) is 1. The average Bonchev–Trinajstić information content (AvgIpc) is 3.40. The first-order valence-corrected chi connectivity index (χ1v) is 12.9. The highest BCUT2D eigenvalue weighted by atomic mass is 19.1. The maximum Gasteiger partial charge on any atom is 0.254 e. The number of hydrogen-bond acceptors (Lipinski definition) is 5. The van der Waals surface area contributed by atoms with Crippen molar-refractivity contribution in [2.45, 2.75) is 0 Å². The smallest absolute Gasteiger partial charge is 0.254 e. The molecule has 1 saturated heterocycles. The predicted molar refractivity (Wildman–Crippen MR) is 147 cm³/mol. The van der Waals surface area contributed by atoms with E-state index < -0.39 is 5.82 Å². The van der Waals surface area contributed by atoms with Gasteiger partial charge in [-0.05, 0) is 36.4 Å². The van der Waals surface area contributed by atoms with Gasteiger partial charge in [0.05, 0.1) is 18.9 Å². The molecule has 0 spiro atoms. The van der Waals surface area contributed by atoms with E-state index in [1.54, 1.807) is 0 Å². The molecule has 5 rings (SSSR count). The quantitative estimate of drug-likeness (QED) is 0.355. The van der Waals surface area contributed by atoms with Crippen molar-refractivity contribution in [2.24, 2.45) is 0 Å². The number of halogens is 1. The van der Waals surface area contributed by atoms with E-state index in [0.717, 1.165) is 24.3 Å². The molecule has 39 heavy (non-hydrogen) atoms. The molecule has 1 aliphatic heterocycles. The van der Waals surface area contributed by atoms with Gasteiger partial charge in [-0.1, -0.05) is 48.5 Å². The van der Waals surface area contributed by atoms with E-state index in [1.165, 1.54) is 29.2 Å². The van der Waals surface area contributed by atoms with Crippen molar-refractivity contribution >= 4 is 17.8 Å². The minimum atomic E-state index is -0.425. The van der Waals surface area contributed by atoms with Gasteiger partial charge < -0.3 is 9.64 Å². The van der Waals surface area contributed by atoms with Crippen LogP contribution in [0.15, 0.2) is 91.1 Å². The highest BCUT2D eigenvalue weighted by Crippen LogP contribution is 2.24. The van der Waals surface area contributed by atoms with Gasteiger partial charge in [0, 0.05) is 49.2 Å². The molecule has 1 aromatic heterocycles. The number of nitrogens with one attached hydrogen (secondary N) is 1. The van der Waals surface area contributed by atoms with Gasteiger partial charge in [0.2, 0.25) is 11.9 Å². The minimum Gasteiger partial charge on any atom is -0.379 e. The SMILES string of the molecule is O=C(CN(CCN1CCOCC1)C(=O)c1ccc(F)cc1)Nc1nc(-c2ccccc2)cn1-c1ccccc1. The number of imidazole rings is 1. The molecule has 3 aromatic carbocycles. The van der Waals surface area contributed by atoms with E-state index in [9.17, 15) is 14.0 Å². The van der Waals surface area contributed by atoms with E-state index >= 15 is 0 Å². The van der Waals surface area contributed by atoms with Crippen LogP contribution in [0.1, 0.15) is 10.4 Å². The van der Waals surface area contributed by atoms with Crippen molar-refractivity contribution in [3.8, 4) is 16.9 Å². The van der Waals surface area contributed by atoms with Gasteiger partial charge in [-0.15, -0.1) is 0 Å². The molecule has 0 unspecified atom stereocenters. The third kappa shape index (κ3) is 6.76. The highest BCUT2D eigenvalue weighted by Gasteiger charge is 2.22. The molecule has 200 valence electrons. The molecule has 0 bridgehead atoms. The first kappa shape index (κ1) is 26.3. The first-order valence-electron chi connectivity index (χ1n) is 12.9. The Hall–Kier alpha value is -4.34. The second-order valence-corrected chi connectivity index (χ2v) is 9.26. The molecule has 8 nitrogen and oxygen atoms in total. The van der Waals surface area contributed by atoms with Crippen molar-refractivity contribution in [3.63, 3.8) is 0 Å². The van der Waals surface area contributed by atoms with Crippen LogP contribution in [0, 0.1) is 5.82 Å². The van der Waals surface area contributed by atoms with Crippen molar-refractivity contribution in [3.05, 3.63) is 103 Å². The van der Waals surface area contributed by atoms with Crippen LogP contribution in [0.4, 0.5) is 10.3 Å². The zero-order chi connectivity index (χ0) is 27.0. The van der Waals surface area contributed by atoms with Gasteiger partial charge >= 0.3 is 0 Å². The zero-order valence-electron chi connectivity index (χ0n) is 21.5. The lowest BCUT2D eigenvalue weighted by Crippen LogP contribution is -2.45. The largest absolute Gasteiger partial charge is 0.379 e. The van der Waals surface area contributed by atoms with Crippen LogP contribution < -0.4 is 5.32 Å². The van der Waals surface area contributed by atoms with Gasteiger partial charge in [0.15, 0.2) is 0 Å². The number of para-hydroxylation sites is 1. The van der Waals surface area contributed by atoms with Gasteiger partial charge in [-0.2, -0.15) is 0 Å². The Labute approximate surface area is 226 Å². The van der Waals surface area contributed by atoms with E-state index in [1.807, 2.05) is 71.4 Å². The topological polar surface area (TPSA) is 79.7 Å². The fourth-order valence-corrected chi connectivity index (χ4v) is 4.45.